The number of carbonyl (C=O) groups is 1. The second kappa shape index (κ2) is 8.56. The zero-order valence-electron chi connectivity index (χ0n) is 15.3. The van der Waals surface area contributed by atoms with E-state index in [9.17, 15) is 4.79 Å². The van der Waals surface area contributed by atoms with Gasteiger partial charge in [-0.15, -0.1) is 0 Å². The smallest absolute Gasteiger partial charge is 0.274 e. The molecule has 0 bridgehead atoms. The summed E-state index contributed by atoms with van der Waals surface area (Å²) in [5.41, 5.74) is 2.10. The second-order valence-electron chi connectivity index (χ2n) is 6.33. The minimum atomic E-state index is -0.250. The molecular formula is C20H25N3O3. The Morgan fingerprint density at radius 1 is 1.00 bits per heavy atom. The number of hydrogen-bond acceptors (Lipinski definition) is 5. The molecule has 6 heteroatoms. The van der Waals surface area contributed by atoms with Crippen LogP contribution in [-0.2, 0) is 0 Å². The van der Waals surface area contributed by atoms with Crippen LogP contribution in [0.1, 0.15) is 36.2 Å². The highest BCUT2D eigenvalue weighted by atomic mass is 16.5. The quantitative estimate of drug-likeness (QED) is 0.885. The van der Waals surface area contributed by atoms with Crippen molar-refractivity contribution in [2.75, 3.05) is 37.5 Å². The summed E-state index contributed by atoms with van der Waals surface area (Å²) in [7, 11) is 3.14. The van der Waals surface area contributed by atoms with Crippen molar-refractivity contribution in [3.63, 3.8) is 0 Å². The van der Waals surface area contributed by atoms with Crippen LogP contribution in [0.15, 0.2) is 36.5 Å². The Kier molecular flexibility index (Phi) is 5.94. The van der Waals surface area contributed by atoms with E-state index in [4.69, 9.17) is 9.47 Å². The molecule has 2 aromatic rings. The second-order valence-corrected chi connectivity index (χ2v) is 6.33. The summed E-state index contributed by atoms with van der Waals surface area (Å²) >= 11 is 0. The molecule has 1 fully saturated rings. The summed E-state index contributed by atoms with van der Waals surface area (Å²) < 4.78 is 10.5. The fourth-order valence-electron chi connectivity index (χ4n) is 3.15. The van der Waals surface area contributed by atoms with Crippen molar-refractivity contribution < 1.29 is 14.3 Å². The number of nitrogens with one attached hydrogen (secondary N) is 1. The van der Waals surface area contributed by atoms with Gasteiger partial charge in [0.2, 0.25) is 0 Å². The number of aromatic nitrogens is 1. The molecular weight excluding hydrogens is 330 g/mol. The van der Waals surface area contributed by atoms with Gasteiger partial charge in [0.1, 0.15) is 5.69 Å². The monoisotopic (exact) mass is 355 g/mol. The van der Waals surface area contributed by atoms with Crippen LogP contribution in [0.5, 0.6) is 11.5 Å². The number of benzene rings is 1. The van der Waals surface area contributed by atoms with Gasteiger partial charge in [0.15, 0.2) is 11.5 Å². The van der Waals surface area contributed by atoms with Gasteiger partial charge in [-0.05, 0) is 37.1 Å². The molecule has 1 aliphatic rings. The van der Waals surface area contributed by atoms with Crippen LogP contribution in [0, 0.1) is 0 Å². The van der Waals surface area contributed by atoms with Gasteiger partial charge in [0, 0.05) is 24.8 Å². The lowest BCUT2D eigenvalue weighted by Gasteiger charge is -2.22. The van der Waals surface area contributed by atoms with Crippen molar-refractivity contribution >= 4 is 17.3 Å². The molecule has 2 heterocycles. The van der Waals surface area contributed by atoms with Crippen LogP contribution in [0.3, 0.4) is 0 Å². The minimum absolute atomic E-state index is 0.250. The lowest BCUT2D eigenvalue weighted by Crippen LogP contribution is -2.24. The molecule has 0 spiro atoms. The van der Waals surface area contributed by atoms with E-state index in [-0.39, 0.29) is 5.91 Å². The number of methoxy groups -OCH3 is 2. The molecule has 1 amide bonds. The summed E-state index contributed by atoms with van der Waals surface area (Å²) in [4.78, 5) is 19.1. The number of carbonyl (C=O) groups excluding carboxylic acids is 1. The van der Waals surface area contributed by atoms with E-state index < -0.39 is 0 Å². The normalized spacial score (nSPS) is 14.5. The highest BCUT2D eigenvalue weighted by Crippen LogP contribution is 2.30. The Morgan fingerprint density at radius 2 is 1.73 bits per heavy atom. The van der Waals surface area contributed by atoms with Crippen LogP contribution in [-0.4, -0.2) is 38.2 Å². The first-order valence-electron chi connectivity index (χ1n) is 8.95. The molecule has 0 radical (unpaired) electrons. The van der Waals surface area contributed by atoms with Crippen LogP contribution < -0.4 is 19.7 Å². The first kappa shape index (κ1) is 18.0. The Balaban J connectivity index is 1.68. The first-order valence-corrected chi connectivity index (χ1v) is 8.95. The highest BCUT2D eigenvalue weighted by Gasteiger charge is 2.13. The van der Waals surface area contributed by atoms with Crippen molar-refractivity contribution in [1.82, 2.24) is 4.98 Å². The van der Waals surface area contributed by atoms with Gasteiger partial charge in [0.25, 0.3) is 5.91 Å². The average molecular weight is 355 g/mol. The van der Waals surface area contributed by atoms with Gasteiger partial charge in [0.05, 0.1) is 26.1 Å². The number of rotatable bonds is 5. The molecule has 0 unspecified atom stereocenters. The number of ether oxygens (including phenoxy) is 2. The maximum Gasteiger partial charge on any atom is 0.274 e. The molecule has 6 nitrogen and oxygen atoms in total. The Labute approximate surface area is 154 Å². The van der Waals surface area contributed by atoms with Crippen molar-refractivity contribution in [3.05, 3.63) is 42.2 Å². The van der Waals surface area contributed by atoms with Gasteiger partial charge in [-0.1, -0.05) is 12.8 Å². The number of anilines is 2. The molecule has 26 heavy (non-hydrogen) atoms. The van der Waals surface area contributed by atoms with E-state index in [1.165, 1.54) is 25.7 Å². The maximum atomic E-state index is 12.5. The number of hydrogen-bond donors (Lipinski definition) is 1. The lowest BCUT2D eigenvalue weighted by molar-refractivity contribution is 0.102. The van der Waals surface area contributed by atoms with E-state index >= 15 is 0 Å². The van der Waals surface area contributed by atoms with Crippen LogP contribution in [0.4, 0.5) is 11.4 Å². The van der Waals surface area contributed by atoms with Gasteiger partial charge in [-0.2, -0.15) is 0 Å². The van der Waals surface area contributed by atoms with Crippen molar-refractivity contribution in [2.45, 2.75) is 25.7 Å². The van der Waals surface area contributed by atoms with E-state index in [0.717, 1.165) is 18.8 Å². The molecule has 1 aromatic carbocycles. The van der Waals surface area contributed by atoms with Gasteiger partial charge in [-0.3, -0.25) is 4.79 Å². The van der Waals surface area contributed by atoms with Gasteiger partial charge >= 0.3 is 0 Å². The van der Waals surface area contributed by atoms with Crippen molar-refractivity contribution in [1.29, 1.82) is 0 Å². The summed E-state index contributed by atoms with van der Waals surface area (Å²) in [5, 5.41) is 2.84. The van der Waals surface area contributed by atoms with E-state index in [0.29, 0.717) is 22.9 Å². The fourth-order valence-corrected chi connectivity index (χ4v) is 3.15. The third kappa shape index (κ3) is 4.25. The molecule has 1 aliphatic heterocycles. The first-order chi connectivity index (χ1) is 12.7. The fraction of sp³-hybridized carbons (Fsp3) is 0.400. The highest BCUT2D eigenvalue weighted by molar-refractivity contribution is 6.03. The largest absolute Gasteiger partial charge is 0.493 e. The maximum absolute atomic E-state index is 12.5. The third-order valence-corrected chi connectivity index (χ3v) is 4.59. The predicted octanol–water partition coefficient (Wildman–Crippen LogP) is 3.73. The number of amides is 1. The van der Waals surface area contributed by atoms with Crippen molar-refractivity contribution in [2.24, 2.45) is 0 Å². The van der Waals surface area contributed by atoms with E-state index in [1.807, 2.05) is 6.07 Å². The molecule has 138 valence electrons. The zero-order chi connectivity index (χ0) is 18.4. The topological polar surface area (TPSA) is 63.7 Å². The number of pyridine rings is 1. The van der Waals surface area contributed by atoms with Crippen LogP contribution >= 0.6 is 0 Å². The average Bonchev–Trinajstić information content (AvgIpc) is 2.97. The summed E-state index contributed by atoms with van der Waals surface area (Å²) in [6.07, 6.45) is 6.78. The molecule has 1 saturated heterocycles. The van der Waals surface area contributed by atoms with Crippen LogP contribution in [0.2, 0.25) is 0 Å². The summed E-state index contributed by atoms with van der Waals surface area (Å²) in [5.74, 6) is 0.930. The molecule has 0 saturated carbocycles. The van der Waals surface area contributed by atoms with E-state index in [1.54, 1.807) is 44.7 Å². The lowest BCUT2D eigenvalue weighted by atomic mass is 10.2. The standard InChI is InChI=1S/C20H25N3O3/c1-25-18-10-7-15(13-19(18)26-2)22-20(24)17-9-8-16(14-21-17)23-11-5-3-4-6-12-23/h7-10,13-14H,3-6,11-12H2,1-2H3,(H,22,24). The Morgan fingerprint density at radius 3 is 2.35 bits per heavy atom. The van der Waals surface area contributed by atoms with Gasteiger partial charge in [-0.25, -0.2) is 4.98 Å². The SMILES string of the molecule is COc1ccc(NC(=O)c2ccc(N3CCCCCC3)cn2)cc1OC. The molecule has 1 aromatic heterocycles. The molecule has 3 rings (SSSR count). The summed E-state index contributed by atoms with van der Waals surface area (Å²) in [6, 6.07) is 9.00. The Hall–Kier alpha value is -2.76. The van der Waals surface area contributed by atoms with Gasteiger partial charge < -0.3 is 19.7 Å². The summed E-state index contributed by atoms with van der Waals surface area (Å²) in [6.45, 7) is 2.11. The Bertz CT molecular complexity index is 738. The van der Waals surface area contributed by atoms with Crippen molar-refractivity contribution in [3.8, 4) is 11.5 Å². The molecule has 0 atom stereocenters. The van der Waals surface area contributed by atoms with E-state index in [2.05, 4.69) is 15.2 Å². The molecule has 1 N–H and O–H groups in total. The minimum Gasteiger partial charge on any atom is -0.493 e. The number of nitrogens with zero attached hydrogens (tertiary/aromatic N) is 2. The molecule has 0 aliphatic carbocycles. The third-order valence-electron chi connectivity index (χ3n) is 4.59. The zero-order valence-corrected chi connectivity index (χ0v) is 15.3. The predicted molar refractivity (Wildman–Crippen MR) is 102 cm³/mol. The van der Waals surface area contributed by atoms with Crippen LogP contribution in [0.25, 0.3) is 0 Å².